The predicted octanol–water partition coefficient (Wildman–Crippen LogP) is 6.46. The summed E-state index contributed by atoms with van der Waals surface area (Å²) in [6.45, 7) is 0. The SMILES string of the molecule is c1cc2c3c(cccc3c1)-c1ccc3c(oc4ccccc43)c1N2. The number of furan rings is 1. The van der Waals surface area contributed by atoms with Crippen molar-refractivity contribution in [1.29, 1.82) is 0 Å². The fourth-order valence-corrected chi connectivity index (χ4v) is 3.94. The average molecular weight is 307 g/mol. The van der Waals surface area contributed by atoms with E-state index in [4.69, 9.17) is 4.42 Å². The number of anilines is 2. The minimum atomic E-state index is 0.930. The number of rotatable bonds is 0. The van der Waals surface area contributed by atoms with E-state index in [2.05, 4.69) is 66.0 Å². The minimum absolute atomic E-state index is 0.930. The molecule has 24 heavy (non-hydrogen) atoms. The first-order valence-corrected chi connectivity index (χ1v) is 8.13. The fraction of sp³-hybridized carbons (Fsp3) is 0. The first kappa shape index (κ1) is 12.2. The molecule has 0 amide bonds. The summed E-state index contributed by atoms with van der Waals surface area (Å²) in [4.78, 5) is 0. The lowest BCUT2D eigenvalue weighted by molar-refractivity contribution is 0.670. The largest absolute Gasteiger partial charge is 0.454 e. The highest BCUT2D eigenvalue weighted by atomic mass is 16.3. The van der Waals surface area contributed by atoms with Crippen LogP contribution in [-0.4, -0.2) is 0 Å². The van der Waals surface area contributed by atoms with Crippen molar-refractivity contribution in [2.75, 3.05) is 5.32 Å². The maximum absolute atomic E-state index is 6.20. The third-order valence-corrected chi connectivity index (χ3v) is 5.00. The molecule has 2 heteroatoms. The van der Waals surface area contributed by atoms with Gasteiger partial charge in [0.15, 0.2) is 5.58 Å². The van der Waals surface area contributed by atoms with E-state index in [1.54, 1.807) is 0 Å². The van der Waals surface area contributed by atoms with E-state index in [1.165, 1.54) is 21.9 Å². The number of hydrogen-bond donors (Lipinski definition) is 1. The summed E-state index contributed by atoms with van der Waals surface area (Å²) in [5.74, 6) is 0. The Labute approximate surface area is 138 Å². The Kier molecular flexibility index (Phi) is 2.12. The van der Waals surface area contributed by atoms with Gasteiger partial charge >= 0.3 is 0 Å². The molecule has 0 fully saturated rings. The van der Waals surface area contributed by atoms with Crippen molar-refractivity contribution in [3.63, 3.8) is 0 Å². The van der Waals surface area contributed by atoms with E-state index in [0.717, 1.165) is 33.3 Å². The van der Waals surface area contributed by atoms with Crippen LogP contribution in [0.1, 0.15) is 0 Å². The predicted molar refractivity (Wildman–Crippen MR) is 99.9 cm³/mol. The van der Waals surface area contributed by atoms with Crippen LogP contribution in [0.5, 0.6) is 0 Å². The van der Waals surface area contributed by atoms with Crippen LogP contribution in [0.15, 0.2) is 77.2 Å². The molecular weight excluding hydrogens is 294 g/mol. The highest BCUT2D eigenvalue weighted by Crippen LogP contribution is 2.47. The fourth-order valence-electron chi connectivity index (χ4n) is 3.94. The first-order valence-electron chi connectivity index (χ1n) is 8.13. The maximum Gasteiger partial charge on any atom is 0.159 e. The topological polar surface area (TPSA) is 25.2 Å². The molecular formula is C22H13NO. The Morgan fingerprint density at radius 1 is 0.667 bits per heavy atom. The van der Waals surface area contributed by atoms with Crippen LogP contribution in [-0.2, 0) is 0 Å². The molecule has 2 nitrogen and oxygen atoms in total. The van der Waals surface area contributed by atoms with Gasteiger partial charge in [-0.1, -0.05) is 54.6 Å². The van der Waals surface area contributed by atoms with Crippen molar-refractivity contribution >= 4 is 44.1 Å². The van der Waals surface area contributed by atoms with Gasteiger partial charge in [0.05, 0.1) is 5.69 Å². The van der Waals surface area contributed by atoms with Crippen LogP contribution in [0.3, 0.4) is 0 Å². The summed E-state index contributed by atoms with van der Waals surface area (Å²) in [7, 11) is 0. The van der Waals surface area contributed by atoms with Gasteiger partial charge in [0.25, 0.3) is 0 Å². The Morgan fingerprint density at radius 2 is 1.54 bits per heavy atom. The molecule has 0 spiro atoms. The summed E-state index contributed by atoms with van der Waals surface area (Å²) >= 11 is 0. The second kappa shape index (κ2) is 4.18. The Hall–Kier alpha value is -3.26. The lowest BCUT2D eigenvalue weighted by Crippen LogP contribution is -2.01. The van der Waals surface area contributed by atoms with E-state index < -0.39 is 0 Å². The number of benzene rings is 4. The third kappa shape index (κ3) is 1.41. The quantitative estimate of drug-likeness (QED) is 0.348. The van der Waals surface area contributed by atoms with Gasteiger partial charge in [-0.3, -0.25) is 0 Å². The smallest absolute Gasteiger partial charge is 0.159 e. The zero-order valence-electron chi connectivity index (χ0n) is 12.8. The van der Waals surface area contributed by atoms with Crippen molar-refractivity contribution < 1.29 is 4.42 Å². The molecule has 5 aromatic rings. The first-order chi connectivity index (χ1) is 11.9. The number of nitrogens with one attached hydrogen (secondary N) is 1. The zero-order chi connectivity index (χ0) is 15.7. The van der Waals surface area contributed by atoms with Crippen molar-refractivity contribution in [2.45, 2.75) is 0 Å². The molecule has 0 atom stereocenters. The summed E-state index contributed by atoms with van der Waals surface area (Å²) in [5, 5.41) is 8.47. The lowest BCUT2D eigenvalue weighted by atomic mass is 9.91. The Morgan fingerprint density at radius 3 is 2.50 bits per heavy atom. The van der Waals surface area contributed by atoms with Gasteiger partial charge in [-0.15, -0.1) is 0 Å². The van der Waals surface area contributed by atoms with Crippen LogP contribution in [0.2, 0.25) is 0 Å². The van der Waals surface area contributed by atoms with Gasteiger partial charge in [0.1, 0.15) is 5.58 Å². The molecule has 1 aliphatic heterocycles. The molecule has 1 N–H and O–H groups in total. The van der Waals surface area contributed by atoms with E-state index >= 15 is 0 Å². The van der Waals surface area contributed by atoms with Crippen LogP contribution in [0.4, 0.5) is 11.4 Å². The Balaban J connectivity index is 1.80. The highest BCUT2D eigenvalue weighted by Gasteiger charge is 2.22. The minimum Gasteiger partial charge on any atom is -0.454 e. The van der Waals surface area contributed by atoms with Gasteiger partial charge in [0.2, 0.25) is 0 Å². The van der Waals surface area contributed by atoms with Crippen LogP contribution < -0.4 is 5.32 Å². The van der Waals surface area contributed by atoms with E-state index in [-0.39, 0.29) is 0 Å². The molecule has 6 rings (SSSR count). The molecule has 0 bridgehead atoms. The lowest BCUT2D eigenvalue weighted by Gasteiger charge is -2.22. The summed E-state index contributed by atoms with van der Waals surface area (Å²) in [5.41, 5.74) is 6.53. The normalized spacial score (nSPS) is 12.5. The highest BCUT2D eigenvalue weighted by molar-refractivity contribution is 6.18. The maximum atomic E-state index is 6.20. The molecule has 4 aromatic carbocycles. The van der Waals surface area contributed by atoms with Crippen LogP contribution in [0.25, 0.3) is 43.8 Å². The number of fused-ring (bicyclic) bond motifs is 6. The van der Waals surface area contributed by atoms with Crippen molar-refractivity contribution in [3.8, 4) is 11.1 Å². The molecule has 112 valence electrons. The van der Waals surface area contributed by atoms with Gasteiger partial charge in [-0.2, -0.15) is 0 Å². The molecule has 0 aliphatic carbocycles. The summed E-state index contributed by atoms with van der Waals surface area (Å²) < 4.78 is 6.20. The van der Waals surface area contributed by atoms with E-state index in [0.29, 0.717) is 0 Å². The van der Waals surface area contributed by atoms with Gasteiger partial charge in [-0.05, 0) is 29.1 Å². The molecule has 0 saturated heterocycles. The second-order valence-corrected chi connectivity index (χ2v) is 6.30. The van der Waals surface area contributed by atoms with Gasteiger partial charge in [0, 0.05) is 27.4 Å². The molecule has 1 aromatic heterocycles. The monoisotopic (exact) mass is 307 g/mol. The molecule has 0 radical (unpaired) electrons. The van der Waals surface area contributed by atoms with Crippen LogP contribution in [0, 0.1) is 0 Å². The van der Waals surface area contributed by atoms with E-state index in [9.17, 15) is 0 Å². The zero-order valence-corrected chi connectivity index (χ0v) is 12.8. The van der Waals surface area contributed by atoms with E-state index in [1.807, 2.05) is 12.1 Å². The molecule has 1 aliphatic rings. The second-order valence-electron chi connectivity index (χ2n) is 6.30. The van der Waals surface area contributed by atoms with Crippen molar-refractivity contribution in [1.82, 2.24) is 0 Å². The number of hydrogen-bond acceptors (Lipinski definition) is 2. The standard InChI is InChI=1S/C22H13NO/c1-2-10-19-14(7-1)17-12-11-16-15-8-3-5-13-6-4-9-18(20(13)15)23-21(16)22(17)24-19/h1-12,23H. The van der Waals surface area contributed by atoms with Gasteiger partial charge in [-0.25, -0.2) is 0 Å². The molecule has 0 unspecified atom stereocenters. The Bertz CT molecular complexity index is 1270. The van der Waals surface area contributed by atoms with Crippen LogP contribution >= 0.6 is 0 Å². The third-order valence-electron chi connectivity index (χ3n) is 5.00. The summed E-state index contributed by atoms with van der Waals surface area (Å²) in [6, 6.07) is 25.5. The van der Waals surface area contributed by atoms with Crippen molar-refractivity contribution in [3.05, 3.63) is 72.8 Å². The van der Waals surface area contributed by atoms with Crippen molar-refractivity contribution in [2.24, 2.45) is 0 Å². The number of para-hydroxylation sites is 1. The molecule has 0 saturated carbocycles. The average Bonchev–Trinajstić information content (AvgIpc) is 3.01. The van der Waals surface area contributed by atoms with Gasteiger partial charge < -0.3 is 9.73 Å². The summed E-state index contributed by atoms with van der Waals surface area (Å²) in [6.07, 6.45) is 0. The molecule has 2 heterocycles.